The minimum atomic E-state index is -0.502. The molecule has 3 nitrogen and oxygen atoms in total. The van der Waals surface area contributed by atoms with Crippen molar-refractivity contribution in [3.05, 3.63) is 30.1 Å². The monoisotopic (exact) mass is 178 g/mol. The highest BCUT2D eigenvalue weighted by Crippen LogP contribution is 2.22. The highest BCUT2D eigenvalue weighted by Gasteiger charge is 2.27. The summed E-state index contributed by atoms with van der Waals surface area (Å²) >= 11 is 0. The van der Waals surface area contributed by atoms with Gasteiger partial charge in [0.2, 0.25) is 0 Å². The van der Waals surface area contributed by atoms with Gasteiger partial charge in [-0.05, 0) is 31.5 Å². The quantitative estimate of drug-likeness (QED) is 0.747. The number of nitrogens with two attached hydrogens (primary N) is 1. The molecule has 0 saturated heterocycles. The summed E-state index contributed by atoms with van der Waals surface area (Å²) in [6.45, 7) is 3.82. The Morgan fingerprint density at radius 1 is 1.46 bits per heavy atom. The molecule has 0 aliphatic carbocycles. The van der Waals surface area contributed by atoms with Crippen LogP contribution in [-0.4, -0.2) is 17.3 Å². The second-order valence-corrected chi connectivity index (χ2v) is 3.49. The van der Waals surface area contributed by atoms with Crippen LogP contribution in [0.5, 0.6) is 0 Å². The van der Waals surface area contributed by atoms with E-state index in [-0.39, 0.29) is 12.3 Å². The number of hydrogen-bond donors (Lipinski definition) is 1. The Labute approximate surface area is 78.0 Å². The van der Waals surface area contributed by atoms with E-state index in [0.717, 1.165) is 5.56 Å². The summed E-state index contributed by atoms with van der Waals surface area (Å²) in [5, 5.41) is 0. The number of carbonyl (C=O) groups excluding carboxylic acids is 1. The number of ketones is 1. The Kier molecular flexibility index (Phi) is 2.78. The highest BCUT2D eigenvalue weighted by atomic mass is 16.1. The molecule has 1 aromatic rings. The van der Waals surface area contributed by atoms with Gasteiger partial charge in [-0.1, -0.05) is 0 Å². The first-order valence-corrected chi connectivity index (χ1v) is 4.23. The van der Waals surface area contributed by atoms with Gasteiger partial charge in [0.05, 0.1) is 6.54 Å². The zero-order valence-corrected chi connectivity index (χ0v) is 7.95. The predicted octanol–water partition coefficient (Wildman–Crippen LogP) is 0.887. The molecule has 0 atom stereocenters. The van der Waals surface area contributed by atoms with E-state index >= 15 is 0 Å². The standard InChI is InChI=1S/C10H14N2O/c1-10(2,9(13)7-11)8-3-5-12-6-4-8/h3-6H,7,11H2,1-2H3. The van der Waals surface area contributed by atoms with E-state index in [1.807, 2.05) is 26.0 Å². The largest absolute Gasteiger partial charge is 0.324 e. The zero-order chi connectivity index (χ0) is 9.90. The Morgan fingerprint density at radius 2 is 2.00 bits per heavy atom. The molecule has 13 heavy (non-hydrogen) atoms. The molecule has 0 radical (unpaired) electrons. The molecule has 0 saturated carbocycles. The number of nitrogens with zero attached hydrogens (tertiary/aromatic N) is 1. The number of pyridine rings is 1. The maximum Gasteiger partial charge on any atom is 0.156 e. The summed E-state index contributed by atoms with van der Waals surface area (Å²) < 4.78 is 0. The highest BCUT2D eigenvalue weighted by molar-refractivity contribution is 5.90. The SMILES string of the molecule is CC(C)(C(=O)CN)c1ccncc1. The minimum absolute atomic E-state index is 0.0405. The Balaban J connectivity index is 3.00. The van der Waals surface area contributed by atoms with Crippen LogP contribution in [0.1, 0.15) is 19.4 Å². The van der Waals surface area contributed by atoms with Crippen molar-refractivity contribution in [3.63, 3.8) is 0 Å². The topological polar surface area (TPSA) is 56.0 Å². The van der Waals surface area contributed by atoms with Crippen LogP contribution in [0.4, 0.5) is 0 Å². The normalized spacial score (nSPS) is 11.3. The summed E-state index contributed by atoms with van der Waals surface area (Å²) in [7, 11) is 0. The molecule has 0 aliphatic heterocycles. The first-order valence-electron chi connectivity index (χ1n) is 4.23. The van der Waals surface area contributed by atoms with Crippen LogP contribution in [0.2, 0.25) is 0 Å². The number of carbonyl (C=O) groups is 1. The van der Waals surface area contributed by atoms with Crippen molar-refractivity contribution in [2.24, 2.45) is 5.73 Å². The van der Waals surface area contributed by atoms with Crippen LogP contribution < -0.4 is 5.73 Å². The van der Waals surface area contributed by atoms with Crippen LogP contribution in [0.25, 0.3) is 0 Å². The maximum absolute atomic E-state index is 11.5. The second-order valence-electron chi connectivity index (χ2n) is 3.49. The van der Waals surface area contributed by atoms with Gasteiger partial charge < -0.3 is 5.73 Å². The molecule has 3 heteroatoms. The molecule has 0 unspecified atom stereocenters. The smallest absolute Gasteiger partial charge is 0.156 e. The lowest BCUT2D eigenvalue weighted by molar-refractivity contribution is -0.122. The van der Waals surface area contributed by atoms with Crippen molar-refractivity contribution in [3.8, 4) is 0 Å². The van der Waals surface area contributed by atoms with Crippen molar-refractivity contribution in [2.75, 3.05) is 6.54 Å². The third-order valence-corrected chi connectivity index (χ3v) is 2.28. The zero-order valence-electron chi connectivity index (χ0n) is 7.95. The Bertz CT molecular complexity index is 293. The van der Waals surface area contributed by atoms with E-state index in [0.29, 0.717) is 0 Å². The summed E-state index contributed by atoms with van der Waals surface area (Å²) in [6.07, 6.45) is 3.36. The van der Waals surface area contributed by atoms with Gasteiger partial charge in [0, 0.05) is 17.8 Å². The van der Waals surface area contributed by atoms with Crippen LogP contribution in [-0.2, 0) is 10.2 Å². The molecule has 0 amide bonds. The summed E-state index contributed by atoms with van der Waals surface area (Å²) in [6, 6.07) is 3.68. The molecule has 0 aromatic carbocycles. The van der Waals surface area contributed by atoms with E-state index in [1.165, 1.54) is 0 Å². The van der Waals surface area contributed by atoms with Crippen LogP contribution >= 0.6 is 0 Å². The van der Waals surface area contributed by atoms with Gasteiger partial charge in [0.25, 0.3) is 0 Å². The molecule has 2 N–H and O–H groups in total. The summed E-state index contributed by atoms with van der Waals surface area (Å²) in [5.74, 6) is 0.0405. The van der Waals surface area contributed by atoms with Crippen LogP contribution in [0.3, 0.4) is 0 Å². The Morgan fingerprint density at radius 3 is 2.46 bits per heavy atom. The Hall–Kier alpha value is -1.22. The fourth-order valence-corrected chi connectivity index (χ4v) is 1.18. The van der Waals surface area contributed by atoms with E-state index in [2.05, 4.69) is 4.98 Å². The molecule has 0 fully saturated rings. The molecule has 0 aliphatic rings. The van der Waals surface area contributed by atoms with Crippen molar-refractivity contribution in [1.29, 1.82) is 0 Å². The van der Waals surface area contributed by atoms with Gasteiger partial charge in [-0.25, -0.2) is 0 Å². The molecule has 0 bridgehead atoms. The van der Waals surface area contributed by atoms with E-state index in [4.69, 9.17) is 5.73 Å². The first kappa shape index (κ1) is 9.86. The van der Waals surface area contributed by atoms with Crippen molar-refractivity contribution < 1.29 is 4.79 Å². The van der Waals surface area contributed by atoms with E-state index in [9.17, 15) is 4.79 Å². The average molecular weight is 178 g/mol. The predicted molar refractivity (Wildman–Crippen MR) is 51.3 cm³/mol. The molecule has 1 aromatic heterocycles. The fourth-order valence-electron chi connectivity index (χ4n) is 1.18. The van der Waals surface area contributed by atoms with Gasteiger partial charge in [-0.2, -0.15) is 0 Å². The molecule has 1 heterocycles. The van der Waals surface area contributed by atoms with E-state index < -0.39 is 5.41 Å². The fraction of sp³-hybridized carbons (Fsp3) is 0.400. The summed E-state index contributed by atoms with van der Waals surface area (Å²) in [5.41, 5.74) is 5.78. The van der Waals surface area contributed by atoms with Gasteiger partial charge in [-0.3, -0.25) is 9.78 Å². The average Bonchev–Trinajstić information content (AvgIpc) is 2.18. The lowest BCUT2D eigenvalue weighted by Crippen LogP contribution is -2.34. The lowest BCUT2D eigenvalue weighted by Gasteiger charge is -2.22. The van der Waals surface area contributed by atoms with Gasteiger partial charge in [0.1, 0.15) is 0 Å². The molecular formula is C10H14N2O. The molecular weight excluding hydrogens is 164 g/mol. The lowest BCUT2D eigenvalue weighted by atomic mass is 9.81. The third kappa shape index (κ3) is 1.92. The maximum atomic E-state index is 11.5. The van der Waals surface area contributed by atoms with E-state index in [1.54, 1.807) is 12.4 Å². The number of hydrogen-bond acceptors (Lipinski definition) is 3. The minimum Gasteiger partial charge on any atom is -0.324 e. The van der Waals surface area contributed by atoms with Crippen molar-refractivity contribution in [1.82, 2.24) is 4.98 Å². The van der Waals surface area contributed by atoms with Crippen molar-refractivity contribution in [2.45, 2.75) is 19.3 Å². The van der Waals surface area contributed by atoms with Crippen molar-refractivity contribution >= 4 is 5.78 Å². The molecule has 0 spiro atoms. The number of aromatic nitrogens is 1. The van der Waals surface area contributed by atoms with Gasteiger partial charge in [0.15, 0.2) is 5.78 Å². The first-order chi connectivity index (χ1) is 6.09. The summed E-state index contributed by atoms with van der Waals surface area (Å²) in [4.78, 5) is 15.4. The third-order valence-electron chi connectivity index (χ3n) is 2.28. The van der Waals surface area contributed by atoms with Crippen LogP contribution in [0, 0.1) is 0 Å². The molecule has 70 valence electrons. The molecule has 1 rings (SSSR count). The van der Waals surface area contributed by atoms with Gasteiger partial charge in [-0.15, -0.1) is 0 Å². The number of rotatable bonds is 3. The number of Topliss-reactive ketones (excluding diaryl/α,β-unsaturated/α-hetero) is 1. The van der Waals surface area contributed by atoms with Crippen LogP contribution in [0.15, 0.2) is 24.5 Å². The van der Waals surface area contributed by atoms with Gasteiger partial charge >= 0.3 is 0 Å². The second kappa shape index (κ2) is 3.66.